The van der Waals surface area contributed by atoms with Crippen LogP contribution < -0.4 is 0 Å². The number of benzene rings is 2. The van der Waals surface area contributed by atoms with Crippen molar-refractivity contribution >= 4 is 0 Å². The van der Waals surface area contributed by atoms with Crippen molar-refractivity contribution in [3.63, 3.8) is 0 Å². The van der Waals surface area contributed by atoms with Crippen LogP contribution in [0.25, 0.3) is 16.9 Å². The molecular formula is C16H12F2N2O. The van der Waals surface area contributed by atoms with E-state index in [-0.39, 0.29) is 12.3 Å². The zero-order valence-corrected chi connectivity index (χ0v) is 11.0. The Labute approximate surface area is 120 Å². The second kappa shape index (κ2) is 5.46. The molecule has 0 radical (unpaired) electrons. The summed E-state index contributed by atoms with van der Waals surface area (Å²) in [7, 11) is 0. The molecule has 2 aromatic carbocycles. The molecule has 1 N–H and O–H groups in total. The summed E-state index contributed by atoms with van der Waals surface area (Å²) in [6.45, 7) is -0.215. The average molecular weight is 286 g/mol. The van der Waals surface area contributed by atoms with E-state index in [0.29, 0.717) is 11.3 Å². The summed E-state index contributed by atoms with van der Waals surface area (Å²) in [6.07, 6.45) is 1.54. The van der Waals surface area contributed by atoms with E-state index in [4.69, 9.17) is 0 Å². The Morgan fingerprint density at radius 1 is 1.05 bits per heavy atom. The maximum absolute atomic E-state index is 13.8. The monoisotopic (exact) mass is 286 g/mol. The molecule has 0 aliphatic carbocycles. The van der Waals surface area contributed by atoms with Gasteiger partial charge in [0.2, 0.25) is 0 Å². The molecule has 0 aliphatic heterocycles. The van der Waals surface area contributed by atoms with Crippen molar-refractivity contribution in [1.82, 2.24) is 9.78 Å². The van der Waals surface area contributed by atoms with Gasteiger partial charge in [-0.15, -0.1) is 0 Å². The first-order valence-electron chi connectivity index (χ1n) is 6.39. The molecule has 0 unspecified atom stereocenters. The minimum atomic E-state index is -0.707. The molecule has 3 rings (SSSR count). The Morgan fingerprint density at radius 3 is 2.48 bits per heavy atom. The molecule has 0 bridgehead atoms. The second-order valence-corrected chi connectivity index (χ2v) is 4.57. The van der Waals surface area contributed by atoms with Gasteiger partial charge in [-0.2, -0.15) is 5.10 Å². The highest BCUT2D eigenvalue weighted by Gasteiger charge is 2.13. The molecule has 21 heavy (non-hydrogen) atoms. The minimum absolute atomic E-state index is 0.133. The molecule has 0 atom stereocenters. The number of halogens is 2. The maximum Gasteiger partial charge on any atom is 0.151 e. The highest BCUT2D eigenvalue weighted by molar-refractivity contribution is 5.63. The largest absolute Gasteiger partial charge is 0.392 e. The van der Waals surface area contributed by atoms with Crippen LogP contribution in [0.1, 0.15) is 5.56 Å². The van der Waals surface area contributed by atoms with Gasteiger partial charge >= 0.3 is 0 Å². The molecule has 0 saturated carbocycles. The Balaban J connectivity index is 2.12. The quantitative estimate of drug-likeness (QED) is 0.802. The topological polar surface area (TPSA) is 38.0 Å². The van der Waals surface area contributed by atoms with Gasteiger partial charge in [0, 0.05) is 23.4 Å². The highest BCUT2D eigenvalue weighted by Crippen LogP contribution is 2.24. The Bertz CT molecular complexity index is 769. The van der Waals surface area contributed by atoms with E-state index in [1.165, 1.54) is 16.8 Å². The van der Waals surface area contributed by atoms with Crippen LogP contribution in [0.4, 0.5) is 8.78 Å². The summed E-state index contributed by atoms with van der Waals surface area (Å²) < 4.78 is 28.1. The normalized spacial score (nSPS) is 10.8. The zero-order chi connectivity index (χ0) is 14.8. The van der Waals surface area contributed by atoms with E-state index in [1.807, 2.05) is 30.3 Å². The number of aromatic nitrogens is 2. The Kier molecular flexibility index (Phi) is 3.50. The van der Waals surface area contributed by atoms with Crippen molar-refractivity contribution in [2.24, 2.45) is 0 Å². The van der Waals surface area contributed by atoms with Crippen LogP contribution in [0.15, 0.2) is 54.7 Å². The zero-order valence-electron chi connectivity index (χ0n) is 11.0. The number of hydrogen-bond donors (Lipinski definition) is 1. The summed E-state index contributed by atoms with van der Waals surface area (Å²) in [5.74, 6) is -1.35. The van der Waals surface area contributed by atoms with Crippen molar-refractivity contribution in [3.8, 4) is 16.9 Å². The van der Waals surface area contributed by atoms with Gasteiger partial charge in [-0.25, -0.2) is 13.5 Å². The highest BCUT2D eigenvalue weighted by atomic mass is 19.1. The van der Waals surface area contributed by atoms with Crippen molar-refractivity contribution in [2.45, 2.75) is 6.61 Å². The van der Waals surface area contributed by atoms with E-state index >= 15 is 0 Å². The van der Waals surface area contributed by atoms with Crippen LogP contribution in [-0.2, 0) is 6.61 Å². The van der Waals surface area contributed by atoms with Crippen LogP contribution >= 0.6 is 0 Å². The number of aliphatic hydroxyl groups is 1. The van der Waals surface area contributed by atoms with Gasteiger partial charge in [-0.05, 0) is 12.1 Å². The predicted molar refractivity (Wildman–Crippen MR) is 74.8 cm³/mol. The fraction of sp³-hybridized carbons (Fsp3) is 0.0625. The van der Waals surface area contributed by atoms with Crippen molar-refractivity contribution in [1.29, 1.82) is 0 Å². The van der Waals surface area contributed by atoms with Gasteiger partial charge in [-0.3, -0.25) is 0 Å². The van der Waals surface area contributed by atoms with E-state index in [1.54, 1.807) is 6.20 Å². The summed E-state index contributed by atoms with van der Waals surface area (Å²) >= 11 is 0. The van der Waals surface area contributed by atoms with Crippen molar-refractivity contribution in [2.75, 3.05) is 0 Å². The molecule has 0 amide bonds. The smallest absolute Gasteiger partial charge is 0.151 e. The van der Waals surface area contributed by atoms with Crippen LogP contribution in [0, 0.1) is 11.6 Å². The fourth-order valence-corrected chi connectivity index (χ4v) is 2.15. The summed E-state index contributed by atoms with van der Waals surface area (Å²) in [4.78, 5) is 0. The van der Waals surface area contributed by atoms with Gasteiger partial charge < -0.3 is 5.11 Å². The van der Waals surface area contributed by atoms with Crippen LogP contribution in [0.5, 0.6) is 0 Å². The first kappa shape index (κ1) is 13.5. The third-order valence-electron chi connectivity index (χ3n) is 3.16. The number of rotatable bonds is 3. The lowest BCUT2D eigenvalue weighted by atomic mass is 10.1. The molecule has 0 aliphatic rings. The Morgan fingerprint density at radius 2 is 1.81 bits per heavy atom. The Hall–Kier alpha value is -2.53. The molecule has 1 aromatic heterocycles. The van der Waals surface area contributed by atoms with Crippen LogP contribution in [0.3, 0.4) is 0 Å². The molecule has 0 spiro atoms. The predicted octanol–water partition coefficient (Wildman–Crippen LogP) is 3.31. The number of aliphatic hydroxyl groups excluding tert-OH is 1. The second-order valence-electron chi connectivity index (χ2n) is 4.57. The lowest BCUT2D eigenvalue weighted by Gasteiger charge is -2.03. The van der Waals surface area contributed by atoms with E-state index in [9.17, 15) is 13.9 Å². The standard InChI is InChI=1S/C16H12F2N2O/c17-13-6-7-15(14(18)8-13)20-9-12(10-21)16(19-20)11-4-2-1-3-5-11/h1-9,21H,10H2. The van der Waals surface area contributed by atoms with E-state index in [2.05, 4.69) is 5.10 Å². The first-order chi connectivity index (χ1) is 10.2. The summed E-state index contributed by atoms with van der Waals surface area (Å²) in [6, 6.07) is 12.6. The van der Waals surface area contributed by atoms with Gasteiger partial charge in [0.15, 0.2) is 5.82 Å². The lowest BCUT2D eigenvalue weighted by molar-refractivity contribution is 0.282. The third kappa shape index (κ3) is 2.55. The number of hydrogen-bond acceptors (Lipinski definition) is 2. The fourth-order valence-electron chi connectivity index (χ4n) is 2.15. The molecule has 3 aromatic rings. The van der Waals surface area contributed by atoms with Gasteiger partial charge in [-0.1, -0.05) is 30.3 Å². The SMILES string of the molecule is OCc1cn(-c2ccc(F)cc2F)nc1-c1ccccc1. The van der Waals surface area contributed by atoms with E-state index in [0.717, 1.165) is 11.6 Å². The molecule has 0 fully saturated rings. The van der Waals surface area contributed by atoms with Gasteiger partial charge in [0.05, 0.1) is 12.3 Å². The van der Waals surface area contributed by atoms with Crippen LogP contribution in [-0.4, -0.2) is 14.9 Å². The van der Waals surface area contributed by atoms with Crippen molar-refractivity contribution in [3.05, 3.63) is 71.9 Å². The lowest BCUT2D eigenvalue weighted by Crippen LogP contribution is -1.99. The molecule has 0 saturated heterocycles. The molecular weight excluding hydrogens is 274 g/mol. The summed E-state index contributed by atoms with van der Waals surface area (Å²) in [5.41, 5.74) is 2.10. The average Bonchev–Trinajstić information content (AvgIpc) is 2.92. The van der Waals surface area contributed by atoms with E-state index < -0.39 is 11.6 Å². The molecule has 1 heterocycles. The molecule has 5 heteroatoms. The third-order valence-corrected chi connectivity index (χ3v) is 3.16. The first-order valence-corrected chi connectivity index (χ1v) is 6.39. The molecule has 3 nitrogen and oxygen atoms in total. The maximum atomic E-state index is 13.8. The molecule has 106 valence electrons. The van der Waals surface area contributed by atoms with Gasteiger partial charge in [0.25, 0.3) is 0 Å². The van der Waals surface area contributed by atoms with Crippen LogP contribution in [0.2, 0.25) is 0 Å². The minimum Gasteiger partial charge on any atom is -0.392 e. The summed E-state index contributed by atoms with van der Waals surface area (Å²) in [5, 5.41) is 13.8. The number of nitrogens with zero attached hydrogens (tertiary/aromatic N) is 2. The van der Waals surface area contributed by atoms with Crippen molar-refractivity contribution < 1.29 is 13.9 Å². The van der Waals surface area contributed by atoms with Gasteiger partial charge in [0.1, 0.15) is 11.5 Å².